The Hall–Kier alpha value is -1.04. The summed E-state index contributed by atoms with van der Waals surface area (Å²) in [6, 6.07) is 1.58. The largest absolute Gasteiger partial charge is 0.382 e. The molecule has 3 N–H and O–H groups in total. The van der Waals surface area contributed by atoms with E-state index in [-0.39, 0.29) is 11.4 Å². The summed E-state index contributed by atoms with van der Waals surface area (Å²) in [4.78, 5) is 8.43. The van der Waals surface area contributed by atoms with Crippen LogP contribution in [0.25, 0.3) is 0 Å². The van der Waals surface area contributed by atoms with Crippen LogP contribution in [0, 0.1) is 0 Å². The Morgan fingerprint density at radius 1 is 1.33 bits per heavy atom. The first-order chi connectivity index (χ1) is 8.40. The predicted molar refractivity (Wildman–Crippen MR) is 77.4 cm³/mol. The molecule has 0 fully saturated rings. The molecule has 2 aromatic rings. The fourth-order valence-corrected chi connectivity index (χ4v) is 2.57. The quantitative estimate of drug-likeness (QED) is 0.906. The minimum Gasteiger partial charge on any atom is -0.382 e. The molecule has 0 amide bonds. The van der Waals surface area contributed by atoms with Crippen LogP contribution in [-0.4, -0.2) is 9.97 Å². The topological polar surface area (TPSA) is 63.8 Å². The molecule has 7 heteroatoms. The van der Waals surface area contributed by atoms with E-state index in [2.05, 4.69) is 15.3 Å². The van der Waals surface area contributed by atoms with Crippen LogP contribution in [0.5, 0.6) is 0 Å². The molecule has 0 saturated heterocycles. The molecule has 4 nitrogen and oxygen atoms in total. The van der Waals surface area contributed by atoms with E-state index in [9.17, 15) is 0 Å². The summed E-state index contributed by atoms with van der Waals surface area (Å²) in [5.41, 5.74) is 5.29. The molecule has 0 bridgehead atoms. The third kappa shape index (κ3) is 2.68. The Morgan fingerprint density at radius 2 is 2.06 bits per heavy atom. The Labute approximate surface area is 119 Å². The van der Waals surface area contributed by atoms with Crippen LogP contribution in [-0.2, 0) is 5.54 Å². The van der Waals surface area contributed by atoms with Gasteiger partial charge in [0.2, 0.25) is 0 Å². The van der Waals surface area contributed by atoms with E-state index >= 15 is 0 Å². The second kappa shape index (κ2) is 4.91. The summed E-state index contributed by atoms with van der Waals surface area (Å²) in [5.74, 6) is 0.747. The van der Waals surface area contributed by atoms with Gasteiger partial charge >= 0.3 is 0 Å². The molecule has 0 saturated carbocycles. The van der Waals surface area contributed by atoms with Crippen molar-refractivity contribution in [3.8, 4) is 0 Å². The molecule has 96 valence electrons. The molecule has 0 aromatic carbocycles. The first-order valence-corrected chi connectivity index (χ1v) is 6.83. The van der Waals surface area contributed by atoms with Crippen molar-refractivity contribution in [2.24, 2.45) is 0 Å². The molecular formula is C11H12Cl2N4S. The Balaban J connectivity index is 2.32. The van der Waals surface area contributed by atoms with Gasteiger partial charge in [-0.1, -0.05) is 23.2 Å². The number of nitrogens with one attached hydrogen (secondary N) is 1. The summed E-state index contributed by atoms with van der Waals surface area (Å²) in [7, 11) is 0. The number of anilines is 2. The molecule has 0 atom stereocenters. The zero-order valence-corrected chi connectivity index (χ0v) is 12.2. The third-order valence-corrected chi connectivity index (χ3v) is 4.04. The highest BCUT2D eigenvalue weighted by molar-refractivity contribution is 7.09. The first-order valence-electron chi connectivity index (χ1n) is 5.20. The van der Waals surface area contributed by atoms with E-state index in [1.165, 1.54) is 0 Å². The molecule has 2 rings (SSSR count). The van der Waals surface area contributed by atoms with Gasteiger partial charge in [-0.3, -0.25) is 0 Å². The van der Waals surface area contributed by atoms with E-state index in [1.807, 2.05) is 19.2 Å². The van der Waals surface area contributed by atoms with Crippen molar-refractivity contribution >= 4 is 46.2 Å². The molecular weight excluding hydrogens is 291 g/mol. The number of thiazole rings is 1. The van der Waals surface area contributed by atoms with Crippen LogP contribution in [0.2, 0.25) is 10.0 Å². The van der Waals surface area contributed by atoms with Crippen molar-refractivity contribution in [2.45, 2.75) is 19.4 Å². The molecule has 18 heavy (non-hydrogen) atoms. The predicted octanol–water partition coefficient (Wildman–Crippen LogP) is 3.77. The number of hydrogen-bond donors (Lipinski definition) is 2. The van der Waals surface area contributed by atoms with Gasteiger partial charge in [0.05, 0.1) is 15.6 Å². The molecule has 0 aliphatic heterocycles. The van der Waals surface area contributed by atoms with E-state index < -0.39 is 0 Å². The number of aromatic nitrogens is 2. The summed E-state index contributed by atoms with van der Waals surface area (Å²) >= 11 is 13.5. The summed E-state index contributed by atoms with van der Waals surface area (Å²) in [5, 5.41) is 6.86. The maximum Gasteiger partial charge on any atom is 0.148 e. The average Bonchev–Trinajstić information content (AvgIpc) is 2.79. The average molecular weight is 303 g/mol. The van der Waals surface area contributed by atoms with Gasteiger partial charge in [0.1, 0.15) is 16.6 Å². The molecule has 0 spiro atoms. The van der Waals surface area contributed by atoms with Gasteiger partial charge in [-0.2, -0.15) is 0 Å². The van der Waals surface area contributed by atoms with E-state index in [4.69, 9.17) is 28.9 Å². The Bertz CT molecular complexity index is 554. The van der Waals surface area contributed by atoms with Crippen molar-refractivity contribution in [3.63, 3.8) is 0 Å². The molecule has 0 aliphatic rings. The van der Waals surface area contributed by atoms with Gasteiger partial charge in [-0.05, 0) is 19.9 Å². The maximum atomic E-state index is 6.09. The van der Waals surface area contributed by atoms with E-state index in [0.717, 1.165) is 5.01 Å². The molecule has 0 unspecified atom stereocenters. The van der Waals surface area contributed by atoms with Crippen LogP contribution in [0.3, 0.4) is 0 Å². The van der Waals surface area contributed by atoms with Crippen LogP contribution in [0.15, 0.2) is 17.6 Å². The van der Waals surface area contributed by atoms with Crippen molar-refractivity contribution in [2.75, 3.05) is 11.1 Å². The monoisotopic (exact) mass is 302 g/mol. The van der Waals surface area contributed by atoms with Gasteiger partial charge < -0.3 is 11.1 Å². The van der Waals surface area contributed by atoms with Crippen LogP contribution < -0.4 is 11.1 Å². The lowest BCUT2D eigenvalue weighted by Gasteiger charge is -2.25. The summed E-state index contributed by atoms with van der Waals surface area (Å²) < 4.78 is 0. The maximum absolute atomic E-state index is 6.09. The smallest absolute Gasteiger partial charge is 0.148 e. The zero-order valence-electron chi connectivity index (χ0n) is 9.87. The molecule has 2 heterocycles. The SMILES string of the molecule is CC(C)(Nc1nc(N)c(Cl)cc1Cl)c1nccs1. The number of rotatable bonds is 3. The fraction of sp³-hybridized carbons (Fsp3) is 0.273. The second-order valence-corrected chi connectivity index (χ2v) is 5.98. The van der Waals surface area contributed by atoms with Crippen molar-refractivity contribution < 1.29 is 0 Å². The Kier molecular flexibility index (Phi) is 3.66. The number of nitrogens with two attached hydrogens (primary N) is 1. The molecule has 0 radical (unpaired) electrons. The fourth-order valence-electron chi connectivity index (χ4n) is 1.45. The van der Waals surface area contributed by atoms with Crippen LogP contribution in [0.4, 0.5) is 11.6 Å². The minimum atomic E-state index is -0.384. The zero-order chi connectivity index (χ0) is 13.3. The number of nitrogens with zero attached hydrogens (tertiary/aromatic N) is 2. The Morgan fingerprint density at radius 3 is 2.67 bits per heavy atom. The van der Waals surface area contributed by atoms with Crippen molar-refractivity contribution in [3.05, 3.63) is 32.7 Å². The van der Waals surface area contributed by atoms with Gasteiger partial charge in [0, 0.05) is 11.6 Å². The van der Waals surface area contributed by atoms with E-state index in [0.29, 0.717) is 15.9 Å². The van der Waals surface area contributed by atoms with Crippen molar-refractivity contribution in [1.29, 1.82) is 0 Å². The van der Waals surface area contributed by atoms with Crippen molar-refractivity contribution in [1.82, 2.24) is 9.97 Å². The van der Waals surface area contributed by atoms with Crippen LogP contribution in [0.1, 0.15) is 18.9 Å². The highest BCUT2D eigenvalue weighted by atomic mass is 35.5. The minimum absolute atomic E-state index is 0.249. The first kappa shape index (κ1) is 13.4. The van der Waals surface area contributed by atoms with Gasteiger partial charge in [-0.15, -0.1) is 11.3 Å². The second-order valence-electron chi connectivity index (χ2n) is 4.27. The van der Waals surface area contributed by atoms with E-state index in [1.54, 1.807) is 23.6 Å². The summed E-state index contributed by atoms with van der Waals surface area (Å²) in [6.07, 6.45) is 1.76. The molecule has 0 aliphatic carbocycles. The summed E-state index contributed by atoms with van der Waals surface area (Å²) in [6.45, 7) is 3.99. The lowest BCUT2D eigenvalue weighted by molar-refractivity contribution is 0.601. The van der Waals surface area contributed by atoms with Gasteiger partial charge in [-0.25, -0.2) is 9.97 Å². The highest BCUT2D eigenvalue weighted by Gasteiger charge is 2.24. The third-order valence-electron chi connectivity index (χ3n) is 2.35. The number of nitrogen functional groups attached to an aromatic ring is 1. The normalized spacial score (nSPS) is 11.6. The van der Waals surface area contributed by atoms with Crippen LogP contribution >= 0.6 is 34.5 Å². The lowest BCUT2D eigenvalue weighted by atomic mass is 10.1. The van der Waals surface area contributed by atoms with Gasteiger partial charge in [0.25, 0.3) is 0 Å². The number of hydrogen-bond acceptors (Lipinski definition) is 5. The highest BCUT2D eigenvalue weighted by Crippen LogP contribution is 2.32. The number of pyridine rings is 1. The van der Waals surface area contributed by atoms with Gasteiger partial charge in [0.15, 0.2) is 0 Å². The molecule has 2 aromatic heterocycles. The number of halogens is 2. The standard InChI is InChI=1S/C11H12Cl2N4S/c1-11(2,10-15-3-4-18-10)17-9-7(13)5-6(12)8(14)16-9/h3-5H,1-2H3,(H3,14,16,17). The lowest BCUT2D eigenvalue weighted by Crippen LogP contribution is -2.28.